The molecule has 0 N–H and O–H groups in total. The van der Waals surface area contributed by atoms with E-state index in [0.29, 0.717) is 5.92 Å². The normalized spacial score (nSPS) is 20.7. The van der Waals surface area contributed by atoms with Crippen LogP contribution in [-0.2, 0) is 0 Å². The number of nitrogens with zero attached hydrogens (tertiary/aromatic N) is 2. The van der Waals surface area contributed by atoms with E-state index in [1.54, 1.807) is 0 Å². The predicted octanol–water partition coefficient (Wildman–Crippen LogP) is 5.12. The number of fused-ring (bicyclic) bond motifs is 1. The molecule has 1 aromatic heterocycles. The Morgan fingerprint density at radius 1 is 1.00 bits per heavy atom. The molecule has 4 rings (SSSR count). The first kappa shape index (κ1) is 16.1. The lowest BCUT2D eigenvalue weighted by Crippen LogP contribution is -2.32. The quantitative estimate of drug-likeness (QED) is 0.652. The molecule has 0 spiro atoms. The zero-order valence-electron chi connectivity index (χ0n) is 14.9. The minimum absolute atomic E-state index is 0.0972. The predicted molar refractivity (Wildman–Crippen MR) is 103 cm³/mol. The van der Waals surface area contributed by atoms with E-state index in [-0.39, 0.29) is 11.6 Å². The van der Waals surface area contributed by atoms with Crippen LogP contribution < -0.4 is 5.56 Å². The van der Waals surface area contributed by atoms with Gasteiger partial charge in [-0.3, -0.25) is 9.36 Å². The standard InChI is InChI=1S/C22H24N2O/c1-15-11-13-17(14-12-15)21-23-19-9-5-4-8-18(19)22(25)24(21)20-10-6-3-7-16(20)2/h4-5,8-9,11-14,16,20H,3,6-7,10H2,1-2H3/t16-,20-/m0/s1. The Morgan fingerprint density at radius 3 is 2.48 bits per heavy atom. The van der Waals surface area contributed by atoms with Crippen LogP contribution in [0.1, 0.15) is 44.2 Å². The van der Waals surface area contributed by atoms with E-state index in [0.717, 1.165) is 28.7 Å². The molecule has 3 aromatic rings. The summed E-state index contributed by atoms with van der Waals surface area (Å²) in [5, 5.41) is 0.719. The first-order chi connectivity index (χ1) is 12.1. The van der Waals surface area contributed by atoms with Crippen LogP contribution in [0.5, 0.6) is 0 Å². The SMILES string of the molecule is Cc1ccc(-c2nc3ccccc3c(=O)n2[C@H]2CCCC[C@@H]2C)cc1. The second kappa shape index (κ2) is 6.47. The molecule has 0 saturated heterocycles. The molecule has 0 amide bonds. The molecule has 0 radical (unpaired) electrons. The third-order valence-corrected chi connectivity index (χ3v) is 5.52. The molecular weight excluding hydrogens is 308 g/mol. The summed E-state index contributed by atoms with van der Waals surface area (Å²) in [5.74, 6) is 1.31. The number of hydrogen-bond acceptors (Lipinski definition) is 2. The number of hydrogen-bond donors (Lipinski definition) is 0. The molecule has 128 valence electrons. The van der Waals surface area contributed by atoms with Crippen molar-refractivity contribution in [2.24, 2.45) is 5.92 Å². The van der Waals surface area contributed by atoms with Crippen molar-refractivity contribution in [3.63, 3.8) is 0 Å². The molecule has 3 nitrogen and oxygen atoms in total. The van der Waals surface area contributed by atoms with Crippen LogP contribution in [0.4, 0.5) is 0 Å². The summed E-state index contributed by atoms with van der Waals surface area (Å²) in [4.78, 5) is 18.3. The summed E-state index contributed by atoms with van der Waals surface area (Å²) < 4.78 is 1.98. The Morgan fingerprint density at radius 2 is 1.72 bits per heavy atom. The van der Waals surface area contributed by atoms with Gasteiger partial charge >= 0.3 is 0 Å². The van der Waals surface area contributed by atoms with Gasteiger partial charge < -0.3 is 0 Å². The van der Waals surface area contributed by atoms with Gasteiger partial charge in [0.05, 0.1) is 10.9 Å². The van der Waals surface area contributed by atoms with Crippen molar-refractivity contribution < 1.29 is 0 Å². The maximum Gasteiger partial charge on any atom is 0.261 e. The maximum absolute atomic E-state index is 13.4. The van der Waals surface area contributed by atoms with Gasteiger partial charge in [0.15, 0.2) is 0 Å². The monoisotopic (exact) mass is 332 g/mol. The second-order valence-electron chi connectivity index (χ2n) is 7.32. The zero-order chi connectivity index (χ0) is 17.4. The Kier molecular flexibility index (Phi) is 4.16. The summed E-state index contributed by atoms with van der Waals surface area (Å²) >= 11 is 0. The van der Waals surface area contributed by atoms with Gasteiger partial charge in [-0.25, -0.2) is 4.98 Å². The number of aromatic nitrogens is 2. The fourth-order valence-corrected chi connectivity index (χ4v) is 4.04. The van der Waals surface area contributed by atoms with Gasteiger partial charge in [0, 0.05) is 11.6 Å². The molecule has 0 aliphatic heterocycles. The van der Waals surface area contributed by atoms with E-state index in [2.05, 4.69) is 38.1 Å². The lowest BCUT2D eigenvalue weighted by Gasteiger charge is -2.32. The van der Waals surface area contributed by atoms with Crippen LogP contribution in [0.2, 0.25) is 0 Å². The third kappa shape index (κ3) is 2.88. The molecule has 1 heterocycles. The third-order valence-electron chi connectivity index (χ3n) is 5.52. The molecule has 1 fully saturated rings. The van der Waals surface area contributed by atoms with Crippen LogP contribution in [0.15, 0.2) is 53.3 Å². The van der Waals surface area contributed by atoms with Crippen molar-refractivity contribution >= 4 is 10.9 Å². The van der Waals surface area contributed by atoms with E-state index in [1.807, 2.05) is 28.8 Å². The van der Waals surface area contributed by atoms with E-state index in [1.165, 1.54) is 24.8 Å². The molecule has 0 bridgehead atoms. The summed E-state index contributed by atoms with van der Waals surface area (Å²) in [6, 6.07) is 16.3. The molecule has 1 saturated carbocycles. The fourth-order valence-electron chi connectivity index (χ4n) is 4.04. The molecule has 1 aliphatic rings. The average Bonchev–Trinajstić information content (AvgIpc) is 2.63. The van der Waals surface area contributed by atoms with Crippen molar-refractivity contribution in [1.29, 1.82) is 0 Å². The van der Waals surface area contributed by atoms with E-state index in [9.17, 15) is 4.79 Å². The molecule has 25 heavy (non-hydrogen) atoms. The highest BCUT2D eigenvalue weighted by Gasteiger charge is 2.27. The van der Waals surface area contributed by atoms with Crippen LogP contribution in [0.3, 0.4) is 0 Å². The van der Waals surface area contributed by atoms with Crippen LogP contribution in [0.25, 0.3) is 22.3 Å². The molecule has 2 aromatic carbocycles. The Hall–Kier alpha value is -2.42. The average molecular weight is 332 g/mol. The van der Waals surface area contributed by atoms with Gasteiger partial charge in [0.25, 0.3) is 5.56 Å². The summed E-state index contributed by atoms with van der Waals surface area (Å²) in [7, 11) is 0. The summed E-state index contributed by atoms with van der Waals surface area (Å²) in [5.41, 5.74) is 3.11. The van der Waals surface area contributed by atoms with Crippen molar-refractivity contribution in [3.8, 4) is 11.4 Å². The molecule has 2 atom stereocenters. The van der Waals surface area contributed by atoms with Crippen molar-refractivity contribution in [2.75, 3.05) is 0 Å². The van der Waals surface area contributed by atoms with Crippen LogP contribution >= 0.6 is 0 Å². The summed E-state index contributed by atoms with van der Waals surface area (Å²) in [6.45, 7) is 4.35. The second-order valence-corrected chi connectivity index (χ2v) is 7.32. The first-order valence-corrected chi connectivity index (χ1v) is 9.23. The van der Waals surface area contributed by atoms with Crippen molar-refractivity contribution in [1.82, 2.24) is 9.55 Å². The van der Waals surface area contributed by atoms with Gasteiger partial charge in [-0.2, -0.15) is 0 Å². The van der Waals surface area contributed by atoms with Gasteiger partial charge in [0.2, 0.25) is 0 Å². The van der Waals surface area contributed by atoms with E-state index < -0.39 is 0 Å². The van der Waals surface area contributed by atoms with E-state index in [4.69, 9.17) is 4.98 Å². The Labute approximate surface area is 148 Å². The number of aryl methyl sites for hydroxylation is 1. The highest BCUT2D eigenvalue weighted by Crippen LogP contribution is 2.35. The van der Waals surface area contributed by atoms with Crippen LogP contribution in [0, 0.1) is 12.8 Å². The Balaban J connectivity index is 2.00. The smallest absolute Gasteiger partial charge is 0.261 e. The fraction of sp³-hybridized carbons (Fsp3) is 0.364. The lowest BCUT2D eigenvalue weighted by atomic mass is 9.85. The molecular formula is C22H24N2O. The van der Waals surface area contributed by atoms with Gasteiger partial charge in [0.1, 0.15) is 5.82 Å². The maximum atomic E-state index is 13.4. The van der Waals surface area contributed by atoms with Crippen LogP contribution in [-0.4, -0.2) is 9.55 Å². The molecule has 1 aliphatic carbocycles. The minimum atomic E-state index is 0.0972. The number of rotatable bonds is 2. The summed E-state index contributed by atoms with van der Waals surface area (Å²) in [6.07, 6.45) is 4.67. The highest BCUT2D eigenvalue weighted by atomic mass is 16.1. The Bertz CT molecular complexity index is 956. The first-order valence-electron chi connectivity index (χ1n) is 9.23. The van der Waals surface area contributed by atoms with Gasteiger partial charge in [-0.15, -0.1) is 0 Å². The van der Waals surface area contributed by atoms with Gasteiger partial charge in [-0.1, -0.05) is 61.7 Å². The highest BCUT2D eigenvalue weighted by molar-refractivity contribution is 5.79. The zero-order valence-corrected chi connectivity index (χ0v) is 14.9. The van der Waals surface area contributed by atoms with Crippen molar-refractivity contribution in [3.05, 3.63) is 64.4 Å². The molecule has 0 unspecified atom stereocenters. The van der Waals surface area contributed by atoms with Gasteiger partial charge in [-0.05, 0) is 37.8 Å². The minimum Gasteiger partial charge on any atom is -0.289 e. The lowest BCUT2D eigenvalue weighted by molar-refractivity contribution is 0.254. The topological polar surface area (TPSA) is 34.9 Å². The molecule has 3 heteroatoms. The largest absolute Gasteiger partial charge is 0.289 e. The van der Waals surface area contributed by atoms with Crippen molar-refractivity contribution in [2.45, 2.75) is 45.6 Å². The van der Waals surface area contributed by atoms with E-state index >= 15 is 0 Å². The number of para-hydroxylation sites is 1. The number of benzene rings is 2.